The fraction of sp³-hybridized carbons (Fsp3) is 0.444. The minimum Gasteiger partial charge on any atom is -0.496 e. The average molecular weight is 616 g/mol. The number of unbranched alkanes of at least 4 members (excludes halogenated alkanes) is 2. The molecule has 2 aromatic carbocycles. The molecule has 0 fully saturated rings. The molecule has 0 saturated carbocycles. The number of nitrogens with two attached hydrogens (primary N) is 1. The Balaban J connectivity index is 1.44. The second-order valence-electron chi connectivity index (χ2n) is 12.4. The molecule has 4 rings (SSSR count). The second kappa shape index (κ2) is 16.2. The molecule has 1 aliphatic rings. The lowest BCUT2D eigenvalue weighted by molar-refractivity contribution is 0.0636. The monoisotopic (exact) mass is 615 g/mol. The quantitative estimate of drug-likeness (QED) is 0.210. The van der Waals surface area contributed by atoms with Crippen LogP contribution in [-0.4, -0.2) is 35.8 Å². The summed E-state index contributed by atoms with van der Waals surface area (Å²) >= 11 is 0. The molecular weight excluding hydrogens is 566 g/mol. The Bertz CT molecular complexity index is 1570. The first-order valence-electron chi connectivity index (χ1n) is 15.9. The number of hydrogen-bond acceptors (Lipinski definition) is 7. The molecule has 9 heteroatoms. The van der Waals surface area contributed by atoms with Crippen LogP contribution in [0.4, 0.5) is 10.5 Å². The van der Waals surface area contributed by atoms with E-state index < -0.39 is 11.7 Å². The number of amides is 1. The van der Waals surface area contributed by atoms with Crippen LogP contribution in [0.3, 0.4) is 0 Å². The Labute approximate surface area is 267 Å². The predicted octanol–water partition coefficient (Wildman–Crippen LogP) is 5.78. The van der Waals surface area contributed by atoms with Crippen molar-refractivity contribution in [2.24, 2.45) is 10.7 Å². The number of amidine groups is 1. The summed E-state index contributed by atoms with van der Waals surface area (Å²) in [6, 6.07) is 15.9. The van der Waals surface area contributed by atoms with Crippen molar-refractivity contribution in [3.05, 3.63) is 82.0 Å². The summed E-state index contributed by atoms with van der Waals surface area (Å²) in [4.78, 5) is 16.9. The standard InChI is InChI=1S/C36H49N5O4/c1-6-7-10-20-38-34-33-28(11-8-9-12-32(37)40-34)19-21-41(33)23-29-16-13-27(22-31(29)43-5)25-44-24-26-14-17-30(18-15-26)39-35(42)45-36(2,3)4/h11,13-19,21-22,38H,6-10,12,20,23-25H2,1-5H3,(H2,37,40)(H,39,42)/b28-11-,34-33+. The van der Waals surface area contributed by atoms with E-state index in [1.165, 1.54) is 18.1 Å². The molecule has 1 aromatic heterocycles. The summed E-state index contributed by atoms with van der Waals surface area (Å²) in [6.45, 7) is 10.1. The van der Waals surface area contributed by atoms with Crippen molar-refractivity contribution >= 4 is 29.5 Å². The number of aromatic nitrogens is 1. The molecule has 0 atom stereocenters. The van der Waals surface area contributed by atoms with Gasteiger partial charge in [0.15, 0.2) is 5.82 Å². The predicted molar refractivity (Wildman–Crippen MR) is 181 cm³/mol. The molecule has 0 aliphatic carbocycles. The molecule has 0 radical (unpaired) electrons. The Morgan fingerprint density at radius 1 is 1.04 bits per heavy atom. The Hall–Kier alpha value is -4.24. The van der Waals surface area contributed by atoms with Gasteiger partial charge in [0.25, 0.3) is 0 Å². The van der Waals surface area contributed by atoms with Gasteiger partial charge in [0.05, 0.1) is 32.2 Å². The van der Waals surface area contributed by atoms with Crippen LogP contribution in [0.1, 0.15) is 82.9 Å². The lowest BCUT2D eigenvalue weighted by Gasteiger charge is -2.19. The Kier molecular flexibility index (Phi) is 12.1. The third kappa shape index (κ3) is 10.4. The SMILES string of the molecule is CCCCCNC1=c2/c(ccn2Cc2ccc(COCc3ccc(NC(=O)OC(C)(C)C)cc3)cc2OC)=C\CCC/C(N)=N\1. The van der Waals surface area contributed by atoms with Gasteiger partial charge in [-0.2, -0.15) is 0 Å². The summed E-state index contributed by atoms with van der Waals surface area (Å²) in [5, 5.41) is 8.55. The average Bonchev–Trinajstić information content (AvgIpc) is 3.41. The van der Waals surface area contributed by atoms with Crippen LogP contribution in [0.25, 0.3) is 11.9 Å². The number of methoxy groups -OCH3 is 1. The summed E-state index contributed by atoms with van der Waals surface area (Å²) in [5.74, 6) is 2.31. The summed E-state index contributed by atoms with van der Waals surface area (Å²) < 4.78 is 19.4. The van der Waals surface area contributed by atoms with Crippen LogP contribution < -0.4 is 31.7 Å². The van der Waals surface area contributed by atoms with Crippen LogP contribution in [0, 0.1) is 0 Å². The topological polar surface area (TPSA) is 112 Å². The highest BCUT2D eigenvalue weighted by Crippen LogP contribution is 2.22. The van der Waals surface area contributed by atoms with Crippen molar-refractivity contribution < 1.29 is 19.0 Å². The number of nitrogens with zero attached hydrogens (tertiary/aromatic N) is 2. The second-order valence-corrected chi connectivity index (χ2v) is 12.4. The van der Waals surface area contributed by atoms with Crippen molar-refractivity contribution in [2.75, 3.05) is 19.0 Å². The summed E-state index contributed by atoms with van der Waals surface area (Å²) in [6.07, 6.45) is 10.1. The zero-order valence-corrected chi connectivity index (χ0v) is 27.4. The minimum atomic E-state index is -0.547. The number of anilines is 1. The van der Waals surface area contributed by atoms with Gasteiger partial charge in [0, 0.05) is 30.4 Å². The third-order valence-electron chi connectivity index (χ3n) is 7.38. The first kappa shape index (κ1) is 33.6. The van der Waals surface area contributed by atoms with Gasteiger partial charge in [-0.05, 0) is 80.6 Å². The lowest BCUT2D eigenvalue weighted by Crippen LogP contribution is -2.36. The van der Waals surface area contributed by atoms with Crippen molar-refractivity contribution in [3.8, 4) is 5.75 Å². The van der Waals surface area contributed by atoms with E-state index in [1.807, 2.05) is 51.1 Å². The molecule has 4 N–H and O–H groups in total. The molecule has 45 heavy (non-hydrogen) atoms. The lowest BCUT2D eigenvalue weighted by atomic mass is 10.1. The van der Waals surface area contributed by atoms with Gasteiger partial charge >= 0.3 is 6.09 Å². The van der Waals surface area contributed by atoms with E-state index in [9.17, 15) is 4.79 Å². The van der Waals surface area contributed by atoms with E-state index >= 15 is 0 Å². The molecule has 0 saturated heterocycles. The van der Waals surface area contributed by atoms with Gasteiger partial charge in [-0.3, -0.25) is 5.32 Å². The van der Waals surface area contributed by atoms with Gasteiger partial charge in [0.1, 0.15) is 17.2 Å². The fourth-order valence-electron chi connectivity index (χ4n) is 5.14. The normalized spacial score (nSPS) is 16.6. The van der Waals surface area contributed by atoms with E-state index in [-0.39, 0.29) is 0 Å². The van der Waals surface area contributed by atoms with Crippen LogP contribution in [0.2, 0.25) is 0 Å². The van der Waals surface area contributed by atoms with Crippen LogP contribution in [0.15, 0.2) is 59.7 Å². The van der Waals surface area contributed by atoms with Gasteiger partial charge < -0.3 is 29.8 Å². The van der Waals surface area contributed by atoms with Crippen LogP contribution >= 0.6 is 0 Å². The molecular formula is C36H49N5O4. The molecule has 2 heterocycles. The molecule has 1 aliphatic heterocycles. The van der Waals surface area contributed by atoms with E-state index in [0.717, 1.165) is 65.8 Å². The van der Waals surface area contributed by atoms with E-state index in [0.29, 0.717) is 31.3 Å². The van der Waals surface area contributed by atoms with E-state index in [2.05, 4.69) is 52.6 Å². The maximum Gasteiger partial charge on any atom is 0.412 e. The maximum atomic E-state index is 12.0. The Morgan fingerprint density at radius 2 is 1.80 bits per heavy atom. The van der Waals surface area contributed by atoms with Crippen molar-refractivity contribution in [1.82, 2.24) is 9.88 Å². The molecule has 242 valence electrons. The fourth-order valence-corrected chi connectivity index (χ4v) is 5.14. The molecule has 1 amide bonds. The number of carbonyl (C=O) groups excluding carboxylic acids is 1. The van der Waals surface area contributed by atoms with Crippen molar-refractivity contribution in [2.45, 2.75) is 91.6 Å². The molecule has 9 nitrogen and oxygen atoms in total. The van der Waals surface area contributed by atoms with Gasteiger partial charge in [-0.15, -0.1) is 0 Å². The molecule has 0 unspecified atom stereocenters. The summed E-state index contributed by atoms with van der Waals surface area (Å²) in [5.41, 5.74) is 9.53. The first-order chi connectivity index (χ1) is 21.6. The van der Waals surface area contributed by atoms with Gasteiger partial charge in [-0.25, -0.2) is 9.79 Å². The highest BCUT2D eigenvalue weighted by molar-refractivity contribution is 5.85. The van der Waals surface area contributed by atoms with Gasteiger partial charge in [-0.1, -0.05) is 50.1 Å². The third-order valence-corrected chi connectivity index (χ3v) is 7.38. The van der Waals surface area contributed by atoms with Crippen LogP contribution in [-0.2, 0) is 29.2 Å². The number of fused-ring (bicyclic) bond motifs is 1. The smallest absolute Gasteiger partial charge is 0.412 e. The van der Waals surface area contributed by atoms with Crippen LogP contribution in [0.5, 0.6) is 5.75 Å². The number of rotatable bonds is 13. The Morgan fingerprint density at radius 3 is 2.53 bits per heavy atom. The number of ether oxygens (including phenoxy) is 3. The van der Waals surface area contributed by atoms with Crippen molar-refractivity contribution in [1.29, 1.82) is 0 Å². The number of aliphatic imine (C=N–C) groups is 1. The molecule has 3 aromatic rings. The zero-order valence-electron chi connectivity index (χ0n) is 27.4. The molecule has 0 spiro atoms. The largest absolute Gasteiger partial charge is 0.496 e. The highest BCUT2D eigenvalue weighted by atomic mass is 16.6. The minimum absolute atomic E-state index is 0.441. The number of carbonyl (C=O) groups is 1. The van der Waals surface area contributed by atoms with E-state index in [4.69, 9.17) is 24.9 Å². The number of hydrogen-bond donors (Lipinski definition) is 3. The first-order valence-corrected chi connectivity index (χ1v) is 15.9. The molecule has 0 bridgehead atoms. The summed E-state index contributed by atoms with van der Waals surface area (Å²) in [7, 11) is 1.70. The highest BCUT2D eigenvalue weighted by Gasteiger charge is 2.16. The number of nitrogens with one attached hydrogen (secondary N) is 2. The zero-order chi connectivity index (χ0) is 32.2. The number of benzene rings is 2. The maximum absolute atomic E-state index is 12.0. The van der Waals surface area contributed by atoms with Crippen molar-refractivity contribution in [3.63, 3.8) is 0 Å². The van der Waals surface area contributed by atoms with Gasteiger partial charge in [0.2, 0.25) is 0 Å². The van der Waals surface area contributed by atoms with E-state index in [1.54, 1.807) is 7.11 Å².